The zero-order valence-electron chi connectivity index (χ0n) is 17.0. The third kappa shape index (κ3) is 4.45. The monoisotopic (exact) mass is 406 g/mol. The van der Waals surface area contributed by atoms with E-state index in [2.05, 4.69) is 5.32 Å². The lowest BCUT2D eigenvalue weighted by atomic mass is 9.73. The predicted molar refractivity (Wildman–Crippen MR) is 105 cm³/mol. The van der Waals surface area contributed by atoms with Crippen LogP contribution < -0.4 is 5.32 Å². The van der Waals surface area contributed by atoms with E-state index in [1.807, 2.05) is 6.92 Å². The molecule has 2 saturated heterocycles. The number of rotatable bonds is 5. The molecule has 0 saturated carbocycles. The van der Waals surface area contributed by atoms with E-state index >= 15 is 0 Å². The van der Waals surface area contributed by atoms with Gasteiger partial charge in [-0.15, -0.1) is 0 Å². The number of carbonyl (C=O) groups is 2. The van der Waals surface area contributed by atoms with Crippen LogP contribution in [0.4, 0.5) is 0 Å². The molecule has 1 spiro atoms. The molecule has 0 aromatic heterocycles. The van der Waals surface area contributed by atoms with Crippen LogP contribution in [-0.4, -0.2) is 77.6 Å². The molecule has 3 rings (SSSR count). The van der Waals surface area contributed by atoms with Gasteiger partial charge in [0.15, 0.2) is 0 Å². The van der Waals surface area contributed by atoms with E-state index in [4.69, 9.17) is 14.6 Å². The summed E-state index contributed by atoms with van der Waals surface area (Å²) in [6.07, 6.45) is 0.602. The van der Waals surface area contributed by atoms with E-state index in [1.54, 1.807) is 29.2 Å². The van der Waals surface area contributed by atoms with E-state index < -0.39 is 17.2 Å². The molecule has 0 aliphatic carbocycles. The van der Waals surface area contributed by atoms with Crippen molar-refractivity contribution in [2.75, 3.05) is 33.4 Å². The van der Waals surface area contributed by atoms with Crippen molar-refractivity contribution >= 4 is 11.8 Å². The molecule has 0 radical (unpaired) electrons. The Kier molecular flexibility index (Phi) is 6.58. The maximum Gasteiger partial charge on any atom is 0.253 e. The topological polar surface area (TPSA) is 108 Å². The molecule has 1 aromatic rings. The van der Waals surface area contributed by atoms with Crippen molar-refractivity contribution in [3.63, 3.8) is 0 Å². The van der Waals surface area contributed by atoms with Crippen LogP contribution in [0.2, 0.25) is 0 Å². The molecule has 2 amide bonds. The molecule has 8 heteroatoms. The van der Waals surface area contributed by atoms with Gasteiger partial charge in [-0.2, -0.15) is 0 Å². The molecule has 29 heavy (non-hydrogen) atoms. The normalized spacial score (nSPS) is 26.3. The average molecular weight is 406 g/mol. The van der Waals surface area contributed by atoms with Crippen molar-refractivity contribution in [2.45, 2.75) is 50.0 Å². The average Bonchev–Trinajstić information content (AvgIpc) is 2.72. The number of methoxy groups -OCH3 is 1. The lowest BCUT2D eigenvalue weighted by Gasteiger charge is -2.53. The highest BCUT2D eigenvalue weighted by Crippen LogP contribution is 2.40. The quantitative estimate of drug-likeness (QED) is 0.656. The fraction of sp³-hybridized carbons (Fsp3) is 0.619. The third-order valence-corrected chi connectivity index (χ3v) is 6.09. The highest BCUT2D eigenvalue weighted by atomic mass is 16.5. The van der Waals surface area contributed by atoms with Crippen LogP contribution in [0.15, 0.2) is 24.3 Å². The zero-order valence-corrected chi connectivity index (χ0v) is 17.0. The summed E-state index contributed by atoms with van der Waals surface area (Å²) >= 11 is 0. The van der Waals surface area contributed by atoms with Gasteiger partial charge >= 0.3 is 0 Å². The van der Waals surface area contributed by atoms with E-state index in [9.17, 15) is 14.7 Å². The van der Waals surface area contributed by atoms with Crippen LogP contribution >= 0.6 is 0 Å². The van der Waals surface area contributed by atoms with Crippen molar-refractivity contribution in [1.29, 1.82) is 0 Å². The molecular weight excluding hydrogens is 376 g/mol. The second kappa shape index (κ2) is 8.79. The standard InChI is InChI=1S/C21H30N2O6/c1-20(22-17(25)14-28-2)9-12-29-21(19(20)27)7-10-23(11-8-21)18(26)16-5-3-15(13-24)4-6-16/h3-6,19,24,27H,7-14H2,1-2H3,(H,22,25)/t19-,20+/m0/s1. The second-order valence-corrected chi connectivity index (χ2v) is 8.11. The summed E-state index contributed by atoms with van der Waals surface area (Å²) in [5.41, 5.74) is -0.266. The summed E-state index contributed by atoms with van der Waals surface area (Å²) in [7, 11) is 1.45. The van der Waals surface area contributed by atoms with Crippen LogP contribution in [0.25, 0.3) is 0 Å². The number of carbonyl (C=O) groups excluding carboxylic acids is 2. The Hall–Kier alpha value is -2.00. The first kappa shape index (κ1) is 21.7. The first-order chi connectivity index (χ1) is 13.8. The third-order valence-electron chi connectivity index (χ3n) is 6.09. The number of hydrogen-bond acceptors (Lipinski definition) is 6. The number of nitrogens with one attached hydrogen (secondary N) is 1. The Morgan fingerprint density at radius 1 is 1.24 bits per heavy atom. The Morgan fingerprint density at radius 2 is 1.90 bits per heavy atom. The summed E-state index contributed by atoms with van der Waals surface area (Å²) in [4.78, 5) is 26.6. The van der Waals surface area contributed by atoms with Gasteiger partial charge in [-0.05, 0) is 43.9 Å². The van der Waals surface area contributed by atoms with Gasteiger partial charge in [0.2, 0.25) is 5.91 Å². The van der Waals surface area contributed by atoms with Gasteiger partial charge in [0.05, 0.1) is 17.7 Å². The van der Waals surface area contributed by atoms with Gasteiger partial charge in [0, 0.05) is 32.4 Å². The van der Waals surface area contributed by atoms with Gasteiger partial charge in [-0.25, -0.2) is 0 Å². The second-order valence-electron chi connectivity index (χ2n) is 8.11. The highest BCUT2D eigenvalue weighted by Gasteiger charge is 2.54. The summed E-state index contributed by atoms with van der Waals surface area (Å²) in [5, 5.41) is 23.1. The number of amides is 2. The molecule has 160 valence electrons. The summed E-state index contributed by atoms with van der Waals surface area (Å²) in [6, 6.07) is 6.90. The molecule has 3 N–H and O–H groups in total. The van der Waals surface area contributed by atoms with Crippen LogP contribution in [0.3, 0.4) is 0 Å². The van der Waals surface area contributed by atoms with E-state index in [0.717, 1.165) is 5.56 Å². The maximum absolute atomic E-state index is 12.8. The molecule has 0 bridgehead atoms. The predicted octanol–water partition coefficient (Wildman–Crippen LogP) is 0.456. The lowest BCUT2D eigenvalue weighted by molar-refractivity contribution is -0.205. The lowest BCUT2D eigenvalue weighted by Crippen LogP contribution is -2.69. The summed E-state index contributed by atoms with van der Waals surface area (Å²) < 4.78 is 10.9. The molecule has 2 aliphatic rings. The van der Waals surface area contributed by atoms with Gasteiger partial charge in [-0.3, -0.25) is 9.59 Å². The number of piperidine rings is 1. The number of likely N-dealkylation sites (tertiary alicyclic amines) is 1. The molecular formula is C21H30N2O6. The van der Waals surface area contributed by atoms with Crippen LogP contribution in [0, 0.1) is 0 Å². The Morgan fingerprint density at radius 3 is 2.48 bits per heavy atom. The van der Waals surface area contributed by atoms with Crippen molar-refractivity contribution in [2.24, 2.45) is 0 Å². The SMILES string of the molecule is COCC(=O)N[C@]1(C)CCOC2(CCN(C(=O)c3ccc(CO)cc3)CC2)[C@H]1O. The number of nitrogens with zero attached hydrogens (tertiary/aromatic N) is 1. The molecule has 2 aliphatic heterocycles. The van der Waals surface area contributed by atoms with Crippen LogP contribution in [-0.2, 0) is 20.9 Å². The molecule has 0 unspecified atom stereocenters. The Balaban J connectivity index is 1.66. The minimum Gasteiger partial charge on any atom is -0.392 e. The van der Waals surface area contributed by atoms with E-state index in [-0.39, 0.29) is 25.0 Å². The van der Waals surface area contributed by atoms with Gasteiger partial charge in [-0.1, -0.05) is 12.1 Å². The van der Waals surface area contributed by atoms with Crippen molar-refractivity contribution < 1.29 is 29.3 Å². The van der Waals surface area contributed by atoms with Crippen LogP contribution in [0.5, 0.6) is 0 Å². The first-order valence-corrected chi connectivity index (χ1v) is 9.94. The molecule has 2 atom stereocenters. The number of hydrogen-bond donors (Lipinski definition) is 3. The fourth-order valence-electron chi connectivity index (χ4n) is 4.32. The summed E-state index contributed by atoms with van der Waals surface area (Å²) in [5.74, 6) is -0.351. The van der Waals surface area contributed by atoms with Crippen LogP contribution in [0.1, 0.15) is 42.1 Å². The zero-order chi connectivity index (χ0) is 21.1. The summed E-state index contributed by atoms with van der Waals surface area (Å²) in [6.45, 7) is 3.05. The Labute approximate surface area is 170 Å². The number of benzene rings is 1. The van der Waals surface area contributed by atoms with Crippen molar-refractivity contribution in [3.05, 3.63) is 35.4 Å². The van der Waals surface area contributed by atoms with Gasteiger partial charge in [0.25, 0.3) is 5.91 Å². The highest BCUT2D eigenvalue weighted by molar-refractivity contribution is 5.94. The van der Waals surface area contributed by atoms with Crippen molar-refractivity contribution in [1.82, 2.24) is 10.2 Å². The number of ether oxygens (including phenoxy) is 2. The van der Waals surface area contributed by atoms with Gasteiger partial charge < -0.3 is 29.9 Å². The van der Waals surface area contributed by atoms with E-state index in [0.29, 0.717) is 44.5 Å². The maximum atomic E-state index is 12.8. The van der Waals surface area contributed by atoms with Crippen molar-refractivity contribution in [3.8, 4) is 0 Å². The largest absolute Gasteiger partial charge is 0.392 e. The first-order valence-electron chi connectivity index (χ1n) is 9.94. The number of aliphatic hydroxyl groups is 2. The smallest absolute Gasteiger partial charge is 0.253 e. The molecule has 1 aromatic carbocycles. The minimum absolute atomic E-state index is 0.0599. The molecule has 2 heterocycles. The fourth-order valence-corrected chi connectivity index (χ4v) is 4.32. The Bertz CT molecular complexity index is 729. The van der Waals surface area contributed by atoms with E-state index in [1.165, 1.54) is 7.11 Å². The molecule has 2 fully saturated rings. The van der Waals surface area contributed by atoms with Gasteiger partial charge in [0.1, 0.15) is 12.7 Å². The number of aliphatic hydroxyl groups excluding tert-OH is 2. The minimum atomic E-state index is -0.884. The molecule has 8 nitrogen and oxygen atoms in total.